The van der Waals surface area contributed by atoms with Gasteiger partial charge in [0.2, 0.25) is 0 Å². The van der Waals surface area contributed by atoms with Crippen LogP contribution in [0.25, 0.3) is 11.3 Å². The zero-order valence-electron chi connectivity index (χ0n) is 13.0. The van der Waals surface area contributed by atoms with Crippen LogP contribution in [-0.2, 0) is 6.54 Å². The third-order valence-electron chi connectivity index (χ3n) is 3.54. The van der Waals surface area contributed by atoms with E-state index in [-0.39, 0.29) is 0 Å². The fourth-order valence-corrected chi connectivity index (χ4v) is 3.64. The number of aromatic nitrogens is 1. The molecule has 1 aromatic heterocycles. The first-order valence-corrected chi connectivity index (χ1v) is 8.60. The highest BCUT2D eigenvalue weighted by atomic mass is 35.5. The van der Waals surface area contributed by atoms with Crippen molar-refractivity contribution in [1.29, 1.82) is 0 Å². The molecule has 0 aliphatic rings. The molecule has 0 atom stereocenters. The Morgan fingerprint density at radius 3 is 2.61 bits per heavy atom. The van der Waals surface area contributed by atoms with Crippen LogP contribution in [0.5, 0.6) is 5.75 Å². The van der Waals surface area contributed by atoms with E-state index in [0.717, 1.165) is 28.3 Å². The van der Waals surface area contributed by atoms with E-state index in [9.17, 15) is 0 Å². The maximum Gasteiger partial charge on any atom is 0.190 e. The first-order chi connectivity index (χ1) is 11.2. The normalized spacial score (nSPS) is 11.7. The van der Waals surface area contributed by atoms with E-state index >= 15 is 0 Å². The number of halogens is 1. The van der Waals surface area contributed by atoms with Crippen LogP contribution in [0.3, 0.4) is 0 Å². The fourth-order valence-electron chi connectivity index (χ4n) is 2.39. The maximum absolute atomic E-state index is 6.26. The van der Waals surface area contributed by atoms with Crippen LogP contribution in [0.15, 0.2) is 58.9 Å². The van der Waals surface area contributed by atoms with E-state index in [4.69, 9.17) is 21.3 Å². The number of methoxy groups -OCH3 is 1. The van der Waals surface area contributed by atoms with Crippen molar-refractivity contribution in [2.75, 3.05) is 7.11 Å². The topological polar surface area (TPSA) is 26.5 Å². The van der Waals surface area contributed by atoms with Gasteiger partial charge in [0.1, 0.15) is 5.75 Å². The van der Waals surface area contributed by atoms with Gasteiger partial charge in [-0.05, 0) is 37.3 Å². The van der Waals surface area contributed by atoms with Gasteiger partial charge in [-0.15, -0.1) is 11.3 Å². The lowest BCUT2D eigenvalue weighted by Crippen LogP contribution is -2.14. The van der Waals surface area contributed by atoms with Gasteiger partial charge in [-0.1, -0.05) is 29.8 Å². The molecule has 0 saturated heterocycles. The number of hydrogen-bond donors (Lipinski definition) is 0. The van der Waals surface area contributed by atoms with Gasteiger partial charge in [0.25, 0.3) is 0 Å². The van der Waals surface area contributed by atoms with Gasteiger partial charge in [0, 0.05) is 17.5 Å². The van der Waals surface area contributed by atoms with Crippen molar-refractivity contribution in [3.8, 4) is 17.0 Å². The SMILES string of the molecule is CCn1c(-c2ccc(OC)c(Cl)c2)csc1=Nc1ccccc1. The zero-order valence-corrected chi connectivity index (χ0v) is 14.6. The van der Waals surface area contributed by atoms with Crippen molar-refractivity contribution in [3.63, 3.8) is 0 Å². The predicted octanol–water partition coefficient (Wildman–Crippen LogP) is 5.13. The highest BCUT2D eigenvalue weighted by molar-refractivity contribution is 7.07. The molecule has 5 heteroatoms. The Bertz CT molecular complexity index is 868. The Morgan fingerprint density at radius 2 is 1.96 bits per heavy atom. The standard InChI is InChI=1S/C18H17ClN2OS/c1-3-21-16(13-9-10-17(22-2)15(19)11-13)12-23-18(21)20-14-7-5-4-6-8-14/h4-12H,3H2,1-2H3. The summed E-state index contributed by atoms with van der Waals surface area (Å²) in [6.07, 6.45) is 0. The summed E-state index contributed by atoms with van der Waals surface area (Å²) in [5.74, 6) is 0.683. The Labute approximate surface area is 144 Å². The monoisotopic (exact) mass is 344 g/mol. The van der Waals surface area contributed by atoms with Crippen LogP contribution in [0.2, 0.25) is 5.02 Å². The van der Waals surface area contributed by atoms with Crippen molar-refractivity contribution in [1.82, 2.24) is 4.57 Å². The number of hydrogen-bond acceptors (Lipinski definition) is 3. The van der Waals surface area contributed by atoms with Crippen LogP contribution >= 0.6 is 22.9 Å². The number of nitrogens with zero attached hydrogens (tertiary/aromatic N) is 2. The van der Waals surface area contributed by atoms with E-state index in [2.05, 4.69) is 16.9 Å². The molecule has 0 aliphatic carbocycles. The molecular weight excluding hydrogens is 328 g/mol. The number of ether oxygens (including phenoxy) is 1. The highest BCUT2D eigenvalue weighted by Gasteiger charge is 2.09. The smallest absolute Gasteiger partial charge is 0.190 e. The number of rotatable bonds is 4. The molecule has 118 valence electrons. The average molecular weight is 345 g/mol. The van der Waals surface area contributed by atoms with Crippen LogP contribution in [0.1, 0.15) is 6.92 Å². The molecule has 3 nitrogen and oxygen atoms in total. The third-order valence-corrected chi connectivity index (χ3v) is 4.70. The molecule has 0 N–H and O–H groups in total. The Kier molecular flexibility index (Phi) is 4.84. The largest absolute Gasteiger partial charge is 0.495 e. The lowest BCUT2D eigenvalue weighted by molar-refractivity contribution is 0.415. The summed E-state index contributed by atoms with van der Waals surface area (Å²) in [5, 5.41) is 2.73. The van der Waals surface area contributed by atoms with Crippen molar-refractivity contribution in [2.24, 2.45) is 4.99 Å². The molecule has 23 heavy (non-hydrogen) atoms. The van der Waals surface area contributed by atoms with Crippen molar-refractivity contribution >= 4 is 28.6 Å². The minimum atomic E-state index is 0.611. The summed E-state index contributed by atoms with van der Waals surface area (Å²) >= 11 is 7.89. The molecule has 3 aromatic rings. The molecule has 0 unspecified atom stereocenters. The van der Waals surface area contributed by atoms with Gasteiger partial charge >= 0.3 is 0 Å². The average Bonchev–Trinajstić information content (AvgIpc) is 2.98. The van der Waals surface area contributed by atoms with Crippen molar-refractivity contribution < 1.29 is 4.74 Å². The first-order valence-electron chi connectivity index (χ1n) is 7.35. The minimum absolute atomic E-state index is 0.611. The molecule has 2 aromatic carbocycles. The molecule has 0 radical (unpaired) electrons. The second-order valence-electron chi connectivity index (χ2n) is 4.94. The molecule has 0 saturated carbocycles. The third kappa shape index (κ3) is 3.33. The van der Waals surface area contributed by atoms with Gasteiger partial charge in [-0.25, -0.2) is 4.99 Å². The molecule has 3 rings (SSSR count). The number of benzene rings is 2. The van der Waals surface area contributed by atoms with E-state index in [1.165, 1.54) is 0 Å². The van der Waals surface area contributed by atoms with Gasteiger partial charge in [0.05, 0.1) is 23.5 Å². The first kappa shape index (κ1) is 15.8. The number of para-hydroxylation sites is 1. The van der Waals surface area contributed by atoms with Gasteiger partial charge in [-0.2, -0.15) is 0 Å². The minimum Gasteiger partial charge on any atom is -0.495 e. The fraction of sp³-hybridized carbons (Fsp3) is 0.167. The Balaban J connectivity index is 2.08. The molecule has 0 bridgehead atoms. The van der Waals surface area contributed by atoms with E-state index in [0.29, 0.717) is 10.8 Å². The predicted molar refractivity (Wildman–Crippen MR) is 96.6 cm³/mol. The summed E-state index contributed by atoms with van der Waals surface area (Å²) in [5.41, 5.74) is 3.12. The van der Waals surface area contributed by atoms with Crippen LogP contribution in [0.4, 0.5) is 5.69 Å². The lowest BCUT2D eigenvalue weighted by Gasteiger charge is -2.08. The summed E-state index contributed by atoms with van der Waals surface area (Å²) in [6, 6.07) is 15.8. The van der Waals surface area contributed by atoms with Gasteiger partial charge in [-0.3, -0.25) is 0 Å². The van der Waals surface area contributed by atoms with E-state index in [1.807, 2.05) is 48.5 Å². The molecule has 0 spiro atoms. The highest BCUT2D eigenvalue weighted by Crippen LogP contribution is 2.30. The van der Waals surface area contributed by atoms with E-state index < -0.39 is 0 Å². The molecule has 0 amide bonds. The van der Waals surface area contributed by atoms with Crippen molar-refractivity contribution in [2.45, 2.75) is 13.5 Å². The molecule has 1 heterocycles. The number of thiazole rings is 1. The summed E-state index contributed by atoms with van der Waals surface area (Å²) in [4.78, 5) is 5.71. The molecule has 0 fully saturated rings. The van der Waals surface area contributed by atoms with Crippen LogP contribution < -0.4 is 9.54 Å². The Hall–Kier alpha value is -2.04. The van der Waals surface area contributed by atoms with Gasteiger partial charge in [0.15, 0.2) is 4.80 Å². The summed E-state index contributed by atoms with van der Waals surface area (Å²) in [7, 11) is 1.62. The van der Waals surface area contributed by atoms with Crippen LogP contribution in [0, 0.1) is 0 Å². The second-order valence-corrected chi connectivity index (χ2v) is 6.19. The quantitative estimate of drug-likeness (QED) is 0.644. The van der Waals surface area contributed by atoms with Crippen molar-refractivity contribution in [3.05, 3.63) is 63.7 Å². The molecule has 0 aliphatic heterocycles. The zero-order chi connectivity index (χ0) is 16.2. The van der Waals surface area contributed by atoms with Gasteiger partial charge < -0.3 is 9.30 Å². The summed E-state index contributed by atoms with van der Waals surface area (Å²) in [6.45, 7) is 2.96. The maximum atomic E-state index is 6.26. The van der Waals surface area contributed by atoms with Crippen LogP contribution in [-0.4, -0.2) is 11.7 Å². The Morgan fingerprint density at radius 1 is 1.17 bits per heavy atom. The van der Waals surface area contributed by atoms with E-state index in [1.54, 1.807) is 18.4 Å². The molecular formula is C18H17ClN2OS. The lowest BCUT2D eigenvalue weighted by atomic mass is 10.1. The summed E-state index contributed by atoms with van der Waals surface area (Å²) < 4.78 is 7.41. The second kappa shape index (κ2) is 7.02.